The number of carbonyl (C=O) groups excluding carboxylic acids is 1. The number of aliphatic imine (C=N–C) groups is 1. The number of nitrogens with one attached hydrogen (secondary N) is 1. The van der Waals surface area contributed by atoms with Crippen LogP contribution < -0.4 is 5.32 Å². The number of rotatable bonds is 1. The van der Waals surface area contributed by atoms with Crippen molar-refractivity contribution < 1.29 is 18.0 Å². The van der Waals surface area contributed by atoms with E-state index in [1.807, 2.05) is 0 Å². The average Bonchev–Trinajstić information content (AvgIpc) is 3.26. The summed E-state index contributed by atoms with van der Waals surface area (Å²) >= 11 is 0. The summed E-state index contributed by atoms with van der Waals surface area (Å²) in [5.41, 5.74) is -1.34. The van der Waals surface area contributed by atoms with E-state index in [2.05, 4.69) is 15.3 Å². The lowest BCUT2D eigenvalue weighted by molar-refractivity contribution is -0.141. The zero-order valence-corrected chi connectivity index (χ0v) is 11.6. The fourth-order valence-corrected chi connectivity index (χ4v) is 2.83. The number of fused-ring (bicyclic) bond motifs is 1. The minimum Gasteiger partial charge on any atom is -0.310 e. The molecule has 3 rings (SSSR count). The van der Waals surface area contributed by atoms with Crippen molar-refractivity contribution in [1.29, 1.82) is 0 Å². The third kappa shape index (κ3) is 2.02. The van der Waals surface area contributed by atoms with Crippen LogP contribution in [0.2, 0.25) is 0 Å². The highest BCUT2D eigenvalue weighted by molar-refractivity contribution is 6.15. The second-order valence-corrected chi connectivity index (χ2v) is 5.59. The van der Waals surface area contributed by atoms with E-state index in [9.17, 15) is 18.0 Å². The van der Waals surface area contributed by atoms with Crippen LogP contribution in [0.5, 0.6) is 0 Å². The number of hydrogen-bond acceptors (Lipinski definition) is 3. The first-order valence-corrected chi connectivity index (χ1v) is 6.65. The molecule has 2 heterocycles. The van der Waals surface area contributed by atoms with Crippen molar-refractivity contribution >= 4 is 11.7 Å². The molecule has 1 amide bonds. The van der Waals surface area contributed by atoms with Crippen molar-refractivity contribution in [3.8, 4) is 0 Å². The van der Waals surface area contributed by atoms with Crippen LogP contribution in [0.1, 0.15) is 36.7 Å². The van der Waals surface area contributed by atoms with Gasteiger partial charge in [0.15, 0.2) is 0 Å². The standard InChI is InChI=1S/C14H14F3N3O/c1-13(7-3-4-7)10-8(11(18-2)20-12(13)21)5-6-9(19-10)14(15,16)17/h5-7H,3-4H2,1-2H3,(H,18,20,21)/t13-/m0/s1. The summed E-state index contributed by atoms with van der Waals surface area (Å²) in [7, 11) is 1.48. The minimum atomic E-state index is -4.53. The number of carbonyl (C=O) groups is 1. The van der Waals surface area contributed by atoms with E-state index in [4.69, 9.17) is 0 Å². The maximum atomic E-state index is 12.9. The van der Waals surface area contributed by atoms with Crippen molar-refractivity contribution in [3.63, 3.8) is 0 Å². The van der Waals surface area contributed by atoms with Crippen LogP contribution in [0.3, 0.4) is 0 Å². The predicted molar refractivity (Wildman–Crippen MR) is 69.9 cm³/mol. The smallest absolute Gasteiger partial charge is 0.310 e. The van der Waals surface area contributed by atoms with Gasteiger partial charge in [0, 0.05) is 12.6 Å². The molecule has 0 saturated heterocycles. The van der Waals surface area contributed by atoms with Gasteiger partial charge in [0.2, 0.25) is 5.91 Å². The molecule has 0 bridgehead atoms. The van der Waals surface area contributed by atoms with Gasteiger partial charge < -0.3 is 5.32 Å². The SMILES string of the molecule is CN=C1NC(=O)[C@@](C)(C2CC2)c2nc(C(F)(F)F)ccc21. The van der Waals surface area contributed by atoms with Crippen molar-refractivity contribution in [3.05, 3.63) is 29.1 Å². The maximum absolute atomic E-state index is 12.9. The number of hydrogen-bond donors (Lipinski definition) is 1. The third-order valence-electron chi connectivity index (χ3n) is 4.25. The molecule has 21 heavy (non-hydrogen) atoms. The molecule has 7 heteroatoms. The summed E-state index contributed by atoms with van der Waals surface area (Å²) in [6.07, 6.45) is -2.89. The summed E-state index contributed by atoms with van der Waals surface area (Å²) in [5, 5.41) is 2.68. The van der Waals surface area contributed by atoms with Gasteiger partial charge in [0.25, 0.3) is 0 Å². The molecule has 1 atom stereocenters. The second-order valence-electron chi connectivity index (χ2n) is 5.59. The van der Waals surface area contributed by atoms with Gasteiger partial charge in [-0.05, 0) is 37.8 Å². The van der Waals surface area contributed by atoms with E-state index < -0.39 is 17.3 Å². The van der Waals surface area contributed by atoms with E-state index in [0.29, 0.717) is 5.56 Å². The highest BCUT2D eigenvalue weighted by Crippen LogP contribution is 2.49. The minimum absolute atomic E-state index is 0.0330. The summed E-state index contributed by atoms with van der Waals surface area (Å²) in [6.45, 7) is 1.67. The monoisotopic (exact) mass is 297 g/mol. The van der Waals surface area contributed by atoms with Gasteiger partial charge >= 0.3 is 6.18 Å². The predicted octanol–water partition coefficient (Wildman–Crippen LogP) is 2.27. The zero-order valence-electron chi connectivity index (χ0n) is 11.6. The average molecular weight is 297 g/mol. The molecule has 112 valence electrons. The Hall–Kier alpha value is -1.92. The lowest BCUT2D eigenvalue weighted by Crippen LogP contribution is -2.52. The van der Waals surface area contributed by atoms with Crippen LogP contribution in [0.25, 0.3) is 0 Å². The zero-order chi connectivity index (χ0) is 15.4. The first-order valence-electron chi connectivity index (χ1n) is 6.65. The Morgan fingerprint density at radius 3 is 2.57 bits per heavy atom. The number of halogens is 3. The van der Waals surface area contributed by atoms with Gasteiger partial charge in [-0.15, -0.1) is 0 Å². The van der Waals surface area contributed by atoms with E-state index in [1.165, 1.54) is 13.1 Å². The van der Waals surface area contributed by atoms with Gasteiger partial charge in [-0.2, -0.15) is 13.2 Å². The van der Waals surface area contributed by atoms with Crippen molar-refractivity contribution in [2.75, 3.05) is 7.05 Å². The highest BCUT2D eigenvalue weighted by Gasteiger charge is 2.53. The molecule has 1 aromatic heterocycles. The molecule has 1 N–H and O–H groups in total. The normalized spacial score (nSPS) is 27.5. The summed E-state index contributed by atoms with van der Waals surface area (Å²) < 4.78 is 38.7. The molecule has 2 aliphatic rings. The van der Waals surface area contributed by atoms with E-state index in [-0.39, 0.29) is 23.4 Å². The van der Waals surface area contributed by atoms with E-state index in [1.54, 1.807) is 6.92 Å². The first-order chi connectivity index (χ1) is 9.78. The van der Waals surface area contributed by atoms with Crippen LogP contribution in [-0.4, -0.2) is 23.8 Å². The lowest BCUT2D eigenvalue weighted by atomic mass is 9.75. The summed E-state index contributed by atoms with van der Waals surface area (Å²) in [5.74, 6) is -0.0232. The number of amides is 1. The molecule has 0 radical (unpaired) electrons. The molecule has 0 unspecified atom stereocenters. The molecule has 0 aromatic carbocycles. The van der Waals surface area contributed by atoms with Crippen LogP contribution in [0, 0.1) is 5.92 Å². The third-order valence-corrected chi connectivity index (χ3v) is 4.25. The molecule has 1 aliphatic carbocycles. The Morgan fingerprint density at radius 2 is 2.05 bits per heavy atom. The molecular weight excluding hydrogens is 283 g/mol. The molecule has 1 aromatic rings. The van der Waals surface area contributed by atoms with Crippen LogP contribution >= 0.6 is 0 Å². The number of alkyl halides is 3. The van der Waals surface area contributed by atoms with Gasteiger partial charge in [-0.3, -0.25) is 9.79 Å². The first kappa shape index (κ1) is 14.0. The van der Waals surface area contributed by atoms with Crippen molar-refractivity contribution in [1.82, 2.24) is 10.3 Å². The van der Waals surface area contributed by atoms with Crippen molar-refractivity contribution in [2.24, 2.45) is 10.9 Å². The largest absolute Gasteiger partial charge is 0.433 e. The Balaban J connectivity index is 2.24. The highest BCUT2D eigenvalue weighted by atomic mass is 19.4. The van der Waals surface area contributed by atoms with Crippen LogP contribution in [0.4, 0.5) is 13.2 Å². The number of aromatic nitrogens is 1. The molecular formula is C14H14F3N3O. The van der Waals surface area contributed by atoms with Crippen LogP contribution in [-0.2, 0) is 16.4 Å². The Labute approximate surface area is 119 Å². The summed E-state index contributed by atoms with van der Waals surface area (Å²) in [4.78, 5) is 20.1. The molecule has 4 nitrogen and oxygen atoms in total. The molecule has 0 spiro atoms. The van der Waals surface area contributed by atoms with Gasteiger partial charge in [-0.1, -0.05) is 0 Å². The van der Waals surface area contributed by atoms with Gasteiger partial charge in [0.05, 0.1) is 11.1 Å². The van der Waals surface area contributed by atoms with Crippen molar-refractivity contribution in [2.45, 2.75) is 31.4 Å². The topological polar surface area (TPSA) is 54.4 Å². The maximum Gasteiger partial charge on any atom is 0.433 e. The number of nitrogens with zero attached hydrogens (tertiary/aromatic N) is 2. The van der Waals surface area contributed by atoms with Gasteiger partial charge in [0.1, 0.15) is 11.5 Å². The van der Waals surface area contributed by atoms with Gasteiger partial charge in [-0.25, -0.2) is 4.98 Å². The molecule has 1 saturated carbocycles. The fourth-order valence-electron chi connectivity index (χ4n) is 2.83. The fraction of sp³-hybridized carbons (Fsp3) is 0.500. The molecule has 1 aliphatic heterocycles. The lowest BCUT2D eigenvalue weighted by Gasteiger charge is -2.34. The van der Waals surface area contributed by atoms with E-state index in [0.717, 1.165) is 18.9 Å². The number of pyridine rings is 1. The molecule has 1 fully saturated rings. The Morgan fingerprint density at radius 1 is 1.38 bits per heavy atom. The Kier molecular flexibility index (Phi) is 2.86. The number of amidine groups is 1. The summed E-state index contributed by atoms with van der Waals surface area (Å²) in [6, 6.07) is 2.27. The van der Waals surface area contributed by atoms with Crippen LogP contribution in [0.15, 0.2) is 17.1 Å². The van der Waals surface area contributed by atoms with E-state index >= 15 is 0 Å². The quantitative estimate of drug-likeness (QED) is 0.864. The Bertz CT molecular complexity index is 649. The second kappa shape index (κ2) is 4.29.